The molecule has 0 aliphatic carbocycles. The fourth-order valence-electron chi connectivity index (χ4n) is 9.22. The molecule has 0 N–H and O–H groups in total. The molecule has 0 bridgehead atoms. The van der Waals surface area contributed by atoms with Crippen LogP contribution < -0.4 is 5.11 Å². The number of allylic oxidation sites excluding steroid dienone is 16. The number of ether oxygens (including phenoxy) is 4. The topological polar surface area (TPSA) is 111 Å². The highest BCUT2D eigenvalue weighted by molar-refractivity contribution is 5.70. The van der Waals surface area contributed by atoms with E-state index < -0.39 is 24.3 Å². The van der Waals surface area contributed by atoms with Crippen LogP contribution in [0.4, 0.5) is 0 Å². The van der Waals surface area contributed by atoms with Gasteiger partial charge in [0, 0.05) is 12.8 Å². The van der Waals surface area contributed by atoms with Crippen molar-refractivity contribution < 1.29 is 42.9 Å². The maximum Gasteiger partial charge on any atom is 0.306 e. The lowest BCUT2D eigenvalue weighted by atomic mass is 10.0. The molecule has 0 aliphatic rings. The number of rotatable bonds is 61. The van der Waals surface area contributed by atoms with Crippen molar-refractivity contribution in [3.05, 3.63) is 97.2 Å². The minimum absolute atomic E-state index is 0.145. The lowest BCUT2D eigenvalue weighted by Crippen LogP contribution is -2.44. The Bertz CT molecular complexity index is 1650. The molecule has 81 heavy (non-hydrogen) atoms. The molecule has 0 aromatic carbocycles. The molecule has 9 nitrogen and oxygen atoms in total. The second-order valence-electron chi connectivity index (χ2n) is 23.4. The van der Waals surface area contributed by atoms with Gasteiger partial charge < -0.3 is 33.3 Å². The number of carboxylic acid groups (broad SMARTS) is 1. The Balaban J connectivity index is 4.10. The van der Waals surface area contributed by atoms with Crippen LogP contribution in [0.2, 0.25) is 0 Å². The van der Waals surface area contributed by atoms with Gasteiger partial charge in [-0.2, -0.15) is 0 Å². The van der Waals surface area contributed by atoms with Crippen molar-refractivity contribution in [1.82, 2.24) is 0 Å². The lowest BCUT2D eigenvalue weighted by Gasteiger charge is -2.26. The average Bonchev–Trinajstić information content (AvgIpc) is 3.44. The Morgan fingerprint density at radius 2 is 0.704 bits per heavy atom. The van der Waals surface area contributed by atoms with Crippen molar-refractivity contribution in [2.45, 2.75) is 296 Å². The summed E-state index contributed by atoms with van der Waals surface area (Å²) in [7, 11) is 5.93. The summed E-state index contributed by atoms with van der Waals surface area (Å²) in [4.78, 5) is 37.4. The number of hydrogen-bond donors (Lipinski definition) is 0. The van der Waals surface area contributed by atoms with Gasteiger partial charge in [-0.3, -0.25) is 9.59 Å². The van der Waals surface area contributed by atoms with E-state index in [-0.39, 0.29) is 38.6 Å². The molecular weight excluding hydrogens is 1010 g/mol. The van der Waals surface area contributed by atoms with E-state index in [4.69, 9.17) is 18.9 Å². The van der Waals surface area contributed by atoms with E-state index in [1.54, 1.807) is 0 Å². The summed E-state index contributed by atoms with van der Waals surface area (Å²) < 4.78 is 22.8. The van der Waals surface area contributed by atoms with E-state index in [9.17, 15) is 19.5 Å². The second-order valence-corrected chi connectivity index (χ2v) is 23.4. The minimum atomic E-state index is -1.62. The molecule has 0 rings (SSSR count). The van der Waals surface area contributed by atoms with Crippen LogP contribution in [0, 0.1) is 0 Å². The zero-order chi connectivity index (χ0) is 59.1. The van der Waals surface area contributed by atoms with Crippen LogP contribution >= 0.6 is 0 Å². The van der Waals surface area contributed by atoms with Gasteiger partial charge in [0.2, 0.25) is 0 Å². The fraction of sp³-hybridized carbons (Fsp3) is 0.736. The Morgan fingerprint density at radius 3 is 1.06 bits per heavy atom. The van der Waals surface area contributed by atoms with E-state index in [0.29, 0.717) is 17.4 Å². The molecule has 0 aromatic rings. The molecular formula is C72H125NO8. The molecule has 0 saturated heterocycles. The number of carboxylic acids is 1. The quantitative estimate of drug-likeness (QED) is 0.0195. The van der Waals surface area contributed by atoms with Crippen LogP contribution in [-0.2, 0) is 33.3 Å². The van der Waals surface area contributed by atoms with Crippen molar-refractivity contribution in [2.24, 2.45) is 0 Å². The second kappa shape index (κ2) is 62.3. The third-order valence-corrected chi connectivity index (χ3v) is 14.3. The van der Waals surface area contributed by atoms with Crippen molar-refractivity contribution in [3.8, 4) is 0 Å². The highest BCUT2D eigenvalue weighted by Crippen LogP contribution is 2.17. The monoisotopic (exact) mass is 1130 g/mol. The van der Waals surface area contributed by atoms with Crippen LogP contribution in [0.3, 0.4) is 0 Å². The number of likely N-dealkylation sites (N-methyl/N-ethyl adjacent to an activating group) is 1. The first kappa shape index (κ1) is 77.2. The Morgan fingerprint density at radius 1 is 0.383 bits per heavy atom. The summed E-state index contributed by atoms with van der Waals surface area (Å²) in [5.74, 6) is -2.28. The van der Waals surface area contributed by atoms with Crippen LogP contribution in [0.25, 0.3) is 0 Å². The number of quaternary nitrogens is 1. The van der Waals surface area contributed by atoms with Gasteiger partial charge in [0.15, 0.2) is 12.4 Å². The van der Waals surface area contributed by atoms with E-state index in [0.717, 1.165) is 83.5 Å². The van der Waals surface area contributed by atoms with Gasteiger partial charge in [-0.1, -0.05) is 272 Å². The van der Waals surface area contributed by atoms with Crippen molar-refractivity contribution in [1.29, 1.82) is 0 Å². The first-order valence-corrected chi connectivity index (χ1v) is 33.4. The summed E-state index contributed by atoms with van der Waals surface area (Å²) in [6.45, 7) is 4.65. The van der Waals surface area contributed by atoms with Crippen LogP contribution in [0.15, 0.2) is 97.2 Å². The molecule has 0 amide bonds. The van der Waals surface area contributed by atoms with Gasteiger partial charge in [0.05, 0.1) is 40.3 Å². The zero-order valence-corrected chi connectivity index (χ0v) is 53.1. The molecule has 0 heterocycles. The standard InChI is InChI=1S/C72H125NO8/c1-6-8-10-12-14-16-18-20-22-24-26-27-28-29-30-31-32-33-34-35-36-37-38-39-40-41-42-43-45-47-49-51-53-55-57-59-61-63-70(75)81-68(67-80-72(71(76)77)78-65-64-73(3,4)5)66-79-69(74)62-60-58-56-54-52-50-48-46-44-25-23-21-19-17-15-13-11-9-7-2/h8,10,14,16,20-23,26-27,29-30,32-33,35-36,68,72H,6-7,9,11-13,15,17-19,24-25,28,31,34,37-67H2,1-5H3/b10-8-,16-14-,22-20-,23-21-,27-26-,30-29-,33-32-,36-35-. The maximum atomic E-state index is 12.9. The third kappa shape index (κ3) is 63.6. The van der Waals surface area contributed by atoms with Gasteiger partial charge in [-0.05, 0) is 96.3 Å². The normalized spacial score (nSPS) is 13.3. The molecule has 0 fully saturated rings. The smallest absolute Gasteiger partial charge is 0.306 e. The molecule has 0 saturated carbocycles. The van der Waals surface area contributed by atoms with Gasteiger partial charge in [0.25, 0.3) is 0 Å². The van der Waals surface area contributed by atoms with Crippen LogP contribution in [0.1, 0.15) is 284 Å². The van der Waals surface area contributed by atoms with E-state index in [1.807, 2.05) is 21.1 Å². The van der Waals surface area contributed by atoms with Gasteiger partial charge >= 0.3 is 11.9 Å². The Kier molecular flexibility index (Phi) is 59.3. The maximum absolute atomic E-state index is 12.9. The van der Waals surface area contributed by atoms with Crippen LogP contribution in [0.5, 0.6) is 0 Å². The van der Waals surface area contributed by atoms with Crippen LogP contribution in [-0.4, -0.2) is 82.3 Å². The first-order valence-electron chi connectivity index (χ1n) is 33.4. The van der Waals surface area contributed by atoms with Crippen molar-refractivity contribution >= 4 is 17.9 Å². The Labute approximate surface area is 499 Å². The average molecular weight is 1130 g/mol. The Hall–Kier alpha value is -3.79. The summed E-state index contributed by atoms with van der Waals surface area (Å²) in [6.07, 6.45) is 81.9. The predicted molar refractivity (Wildman–Crippen MR) is 343 cm³/mol. The highest BCUT2D eigenvalue weighted by Gasteiger charge is 2.22. The number of unbranched alkanes of at least 4 members (excludes halogenated alkanes) is 30. The first-order chi connectivity index (χ1) is 39.6. The number of esters is 2. The fourth-order valence-corrected chi connectivity index (χ4v) is 9.22. The van der Waals surface area contributed by atoms with Crippen molar-refractivity contribution in [3.63, 3.8) is 0 Å². The van der Waals surface area contributed by atoms with Gasteiger partial charge in [-0.25, -0.2) is 0 Å². The van der Waals surface area contributed by atoms with E-state index in [2.05, 4.69) is 111 Å². The van der Waals surface area contributed by atoms with Gasteiger partial charge in [-0.15, -0.1) is 0 Å². The third-order valence-electron chi connectivity index (χ3n) is 14.3. The number of carbonyl (C=O) groups excluding carboxylic acids is 3. The number of hydrogen-bond acceptors (Lipinski definition) is 8. The number of aliphatic carboxylic acids is 1. The molecule has 466 valence electrons. The molecule has 0 aromatic heterocycles. The summed E-state index contributed by atoms with van der Waals surface area (Å²) in [5, 5.41) is 11.8. The molecule has 0 radical (unpaired) electrons. The highest BCUT2D eigenvalue weighted by atomic mass is 16.7. The number of carbonyl (C=O) groups is 3. The molecule has 0 aliphatic heterocycles. The molecule has 2 atom stereocenters. The molecule has 0 spiro atoms. The zero-order valence-electron chi connectivity index (χ0n) is 53.1. The van der Waals surface area contributed by atoms with Crippen molar-refractivity contribution in [2.75, 3.05) is 47.5 Å². The molecule has 9 heteroatoms. The SMILES string of the molecule is CC/C=C\C/C=C\C/C=C\C/C=C\C/C=C\C/C=C\C/C=C\CCCCCCCCCCCCCCCCCC(=O)OC(COC(=O)CCCCCCCCCCC/C=C\CCCCCCCC)COC(OCC[N+](C)(C)C)C(=O)[O-]. The summed E-state index contributed by atoms with van der Waals surface area (Å²) in [5.41, 5.74) is 0. The minimum Gasteiger partial charge on any atom is -0.545 e. The predicted octanol–water partition coefficient (Wildman–Crippen LogP) is 19.1. The largest absolute Gasteiger partial charge is 0.545 e. The van der Waals surface area contributed by atoms with E-state index in [1.165, 1.54) is 167 Å². The lowest BCUT2D eigenvalue weighted by molar-refractivity contribution is -0.870. The molecule has 2 unspecified atom stereocenters. The summed E-state index contributed by atoms with van der Waals surface area (Å²) >= 11 is 0. The summed E-state index contributed by atoms with van der Waals surface area (Å²) in [6, 6.07) is 0. The number of nitrogens with zero attached hydrogens (tertiary/aromatic N) is 1. The van der Waals surface area contributed by atoms with E-state index >= 15 is 0 Å². The van der Waals surface area contributed by atoms with Gasteiger partial charge in [0.1, 0.15) is 13.2 Å².